The number of halogens is 1. The molecule has 3 nitrogen and oxygen atoms in total. The summed E-state index contributed by atoms with van der Waals surface area (Å²) in [4.78, 5) is 12.3. The van der Waals surface area contributed by atoms with Gasteiger partial charge >= 0.3 is 0 Å². The quantitative estimate of drug-likeness (QED) is 0.894. The van der Waals surface area contributed by atoms with Gasteiger partial charge in [0.15, 0.2) is 0 Å². The molecule has 1 amide bonds. The highest BCUT2D eigenvalue weighted by atomic mass is 79.9. The van der Waals surface area contributed by atoms with Gasteiger partial charge in [0.2, 0.25) is 5.91 Å². The van der Waals surface area contributed by atoms with Crippen molar-refractivity contribution in [2.45, 2.75) is 44.1 Å². The third kappa shape index (κ3) is 3.18. The molecule has 2 rings (SSSR count). The maximum absolute atomic E-state index is 12.3. The second-order valence-corrected chi connectivity index (χ2v) is 6.81. The lowest BCUT2D eigenvalue weighted by Crippen LogP contribution is -2.51. The van der Waals surface area contributed by atoms with Crippen molar-refractivity contribution in [1.82, 2.24) is 5.32 Å². The molecule has 0 heterocycles. The van der Waals surface area contributed by atoms with E-state index in [0.29, 0.717) is 6.54 Å². The van der Waals surface area contributed by atoms with Crippen molar-refractivity contribution in [3.05, 3.63) is 34.3 Å². The molecule has 1 aromatic rings. The third-order valence-electron chi connectivity index (χ3n) is 4.00. The number of carbonyl (C=O) groups excluding carboxylic acids is 1. The molecule has 0 radical (unpaired) electrons. The zero-order valence-corrected chi connectivity index (χ0v) is 13.0. The average molecular weight is 326 g/mol. The molecule has 104 valence electrons. The van der Waals surface area contributed by atoms with Crippen LogP contribution in [0.4, 0.5) is 0 Å². The van der Waals surface area contributed by atoms with Crippen LogP contribution in [0.3, 0.4) is 0 Å². The Morgan fingerprint density at radius 2 is 1.95 bits per heavy atom. The SMILES string of the molecule is CC(C)(C(=O)NCC1(O)CCC1)c1ccc(Br)cc1. The number of amides is 1. The van der Waals surface area contributed by atoms with E-state index in [4.69, 9.17) is 0 Å². The van der Waals surface area contributed by atoms with Gasteiger partial charge in [0.25, 0.3) is 0 Å². The minimum atomic E-state index is -0.675. The molecular weight excluding hydrogens is 306 g/mol. The Labute approximate surface area is 122 Å². The number of aliphatic hydroxyl groups is 1. The summed E-state index contributed by atoms with van der Waals surface area (Å²) in [6.45, 7) is 4.15. The lowest BCUT2D eigenvalue weighted by Gasteiger charge is -2.37. The van der Waals surface area contributed by atoms with Crippen LogP contribution in [-0.4, -0.2) is 23.2 Å². The van der Waals surface area contributed by atoms with Gasteiger partial charge in [-0.3, -0.25) is 4.79 Å². The highest BCUT2D eigenvalue weighted by molar-refractivity contribution is 9.10. The van der Waals surface area contributed by atoms with Gasteiger partial charge in [0, 0.05) is 11.0 Å². The zero-order valence-electron chi connectivity index (χ0n) is 11.4. The van der Waals surface area contributed by atoms with Crippen LogP contribution in [0.2, 0.25) is 0 Å². The summed E-state index contributed by atoms with van der Waals surface area (Å²) in [6.07, 6.45) is 2.61. The lowest BCUT2D eigenvalue weighted by molar-refractivity contribution is -0.128. The van der Waals surface area contributed by atoms with Crippen LogP contribution in [-0.2, 0) is 10.2 Å². The van der Waals surface area contributed by atoms with Gasteiger partial charge in [-0.2, -0.15) is 0 Å². The Balaban J connectivity index is 2.01. The lowest BCUT2D eigenvalue weighted by atomic mass is 9.79. The minimum absolute atomic E-state index is 0.0462. The average Bonchev–Trinajstić information content (AvgIpc) is 2.34. The van der Waals surface area contributed by atoms with Crippen LogP contribution in [0, 0.1) is 0 Å². The molecule has 1 fully saturated rings. The smallest absolute Gasteiger partial charge is 0.230 e. The van der Waals surface area contributed by atoms with E-state index in [1.165, 1.54) is 0 Å². The first-order valence-corrected chi connectivity index (χ1v) is 7.40. The normalized spacial score (nSPS) is 17.7. The molecule has 4 heteroatoms. The van der Waals surface area contributed by atoms with E-state index < -0.39 is 11.0 Å². The molecular formula is C15H20BrNO2. The highest BCUT2D eigenvalue weighted by Gasteiger charge is 2.37. The topological polar surface area (TPSA) is 49.3 Å². The fourth-order valence-corrected chi connectivity index (χ4v) is 2.49. The van der Waals surface area contributed by atoms with Gasteiger partial charge in [-0.15, -0.1) is 0 Å². The van der Waals surface area contributed by atoms with Crippen LogP contribution < -0.4 is 5.32 Å². The fraction of sp³-hybridized carbons (Fsp3) is 0.533. The molecule has 0 aromatic heterocycles. The van der Waals surface area contributed by atoms with Gasteiger partial charge in [0.1, 0.15) is 0 Å². The zero-order chi connectivity index (χ0) is 14.1. The third-order valence-corrected chi connectivity index (χ3v) is 4.52. The molecule has 0 unspecified atom stereocenters. The number of hydrogen-bond donors (Lipinski definition) is 2. The predicted octanol–water partition coefficient (Wildman–Crippen LogP) is 2.76. The Hall–Kier alpha value is -0.870. The van der Waals surface area contributed by atoms with E-state index in [2.05, 4.69) is 21.2 Å². The number of rotatable bonds is 4. The van der Waals surface area contributed by atoms with Gasteiger partial charge in [0.05, 0.1) is 11.0 Å². The van der Waals surface area contributed by atoms with E-state index >= 15 is 0 Å². The highest BCUT2D eigenvalue weighted by Crippen LogP contribution is 2.31. The first-order chi connectivity index (χ1) is 8.83. The number of nitrogens with one attached hydrogen (secondary N) is 1. The summed E-state index contributed by atoms with van der Waals surface area (Å²) in [5, 5.41) is 12.9. The van der Waals surface area contributed by atoms with Crippen molar-refractivity contribution in [1.29, 1.82) is 0 Å². The molecule has 0 aliphatic heterocycles. The van der Waals surface area contributed by atoms with Crippen molar-refractivity contribution < 1.29 is 9.90 Å². The summed E-state index contributed by atoms with van der Waals surface area (Å²) in [6, 6.07) is 7.76. The molecule has 1 aliphatic carbocycles. The minimum Gasteiger partial charge on any atom is -0.388 e. The summed E-state index contributed by atoms with van der Waals surface area (Å²) in [5.74, 6) is -0.0462. The van der Waals surface area contributed by atoms with Crippen LogP contribution in [0.5, 0.6) is 0 Å². The van der Waals surface area contributed by atoms with Crippen LogP contribution in [0.25, 0.3) is 0 Å². The van der Waals surface area contributed by atoms with Gasteiger partial charge in [-0.1, -0.05) is 28.1 Å². The Bertz CT molecular complexity index is 464. The monoisotopic (exact) mass is 325 g/mol. The Morgan fingerprint density at radius 3 is 2.42 bits per heavy atom. The van der Waals surface area contributed by atoms with Crippen molar-refractivity contribution in [3.63, 3.8) is 0 Å². The Morgan fingerprint density at radius 1 is 1.37 bits per heavy atom. The molecule has 1 aromatic carbocycles. The molecule has 2 N–H and O–H groups in total. The molecule has 0 spiro atoms. The molecule has 19 heavy (non-hydrogen) atoms. The standard InChI is InChI=1S/C15H20BrNO2/c1-14(2,11-4-6-12(16)7-5-11)13(18)17-10-15(19)8-3-9-15/h4-7,19H,3,8-10H2,1-2H3,(H,17,18). The maximum Gasteiger partial charge on any atom is 0.230 e. The molecule has 1 aliphatic rings. The van der Waals surface area contributed by atoms with E-state index in [1.807, 2.05) is 38.1 Å². The summed E-state index contributed by atoms with van der Waals surface area (Å²) in [7, 11) is 0. The van der Waals surface area contributed by atoms with Crippen molar-refractivity contribution in [2.75, 3.05) is 6.54 Å². The van der Waals surface area contributed by atoms with Crippen LogP contribution in [0.1, 0.15) is 38.7 Å². The van der Waals surface area contributed by atoms with Gasteiger partial charge < -0.3 is 10.4 Å². The van der Waals surface area contributed by atoms with E-state index in [0.717, 1.165) is 29.3 Å². The molecule has 1 saturated carbocycles. The summed E-state index contributed by atoms with van der Waals surface area (Å²) in [5.41, 5.74) is -0.305. The van der Waals surface area contributed by atoms with Gasteiger partial charge in [-0.25, -0.2) is 0 Å². The number of carbonyl (C=O) groups is 1. The first kappa shape index (κ1) is 14.5. The Kier molecular flexibility index (Phi) is 4.02. The van der Waals surface area contributed by atoms with Crippen molar-refractivity contribution in [3.8, 4) is 0 Å². The summed E-state index contributed by atoms with van der Waals surface area (Å²) >= 11 is 3.39. The molecule has 0 saturated heterocycles. The summed E-state index contributed by atoms with van der Waals surface area (Å²) < 4.78 is 0.997. The number of hydrogen-bond acceptors (Lipinski definition) is 2. The number of benzene rings is 1. The predicted molar refractivity (Wildman–Crippen MR) is 79.0 cm³/mol. The van der Waals surface area contributed by atoms with E-state index in [9.17, 15) is 9.90 Å². The maximum atomic E-state index is 12.3. The van der Waals surface area contributed by atoms with Crippen LogP contribution in [0.15, 0.2) is 28.7 Å². The second kappa shape index (κ2) is 5.25. The van der Waals surface area contributed by atoms with Crippen LogP contribution >= 0.6 is 15.9 Å². The van der Waals surface area contributed by atoms with E-state index in [1.54, 1.807) is 0 Å². The fourth-order valence-electron chi connectivity index (χ4n) is 2.23. The first-order valence-electron chi connectivity index (χ1n) is 6.60. The van der Waals surface area contributed by atoms with Crippen molar-refractivity contribution >= 4 is 21.8 Å². The largest absolute Gasteiger partial charge is 0.388 e. The van der Waals surface area contributed by atoms with Crippen molar-refractivity contribution in [2.24, 2.45) is 0 Å². The second-order valence-electron chi connectivity index (χ2n) is 5.89. The van der Waals surface area contributed by atoms with E-state index in [-0.39, 0.29) is 5.91 Å². The molecule has 0 bridgehead atoms. The molecule has 0 atom stereocenters. The van der Waals surface area contributed by atoms with Gasteiger partial charge in [-0.05, 0) is 50.8 Å².